The van der Waals surface area contributed by atoms with Crippen molar-refractivity contribution in [3.8, 4) is 0 Å². The van der Waals surface area contributed by atoms with E-state index in [4.69, 9.17) is 0 Å². The highest BCUT2D eigenvalue weighted by Crippen LogP contribution is 2.25. The van der Waals surface area contributed by atoms with E-state index in [1.165, 1.54) is 18.6 Å². The van der Waals surface area contributed by atoms with E-state index < -0.39 is 6.10 Å². The highest BCUT2D eigenvalue weighted by Gasteiger charge is 2.12. The summed E-state index contributed by atoms with van der Waals surface area (Å²) in [7, 11) is 0. The standard InChI is InChI=1S/C18H17N3O2/c22-17(8-9-21-18(23)16-12-19-10-11-20-16)15-7-3-5-13-4-1-2-6-14(13)15/h1-7,10-12,17,22H,8-9H2,(H,21,23). The van der Waals surface area contributed by atoms with Crippen molar-refractivity contribution >= 4 is 16.7 Å². The molecule has 5 nitrogen and oxygen atoms in total. The van der Waals surface area contributed by atoms with Crippen molar-refractivity contribution in [3.05, 3.63) is 72.3 Å². The third-order valence-corrected chi connectivity index (χ3v) is 3.68. The summed E-state index contributed by atoms with van der Waals surface area (Å²) in [6.07, 6.45) is 4.19. The minimum Gasteiger partial charge on any atom is -0.388 e. The Bertz CT molecular complexity index is 800. The van der Waals surface area contributed by atoms with E-state index in [0.29, 0.717) is 13.0 Å². The van der Waals surface area contributed by atoms with E-state index in [1.807, 2.05) is 42.5 Å². The highest BCUT2D eigenvalue weighted by atomic mass is 16.3. The van der Waals surface area contributed by atoms with Crippen LogP contribution in [0.5, 0.6) is 0 Å². The molecule has 0 bridgehead atoms. The molecule has 0 saturated carbocycles. The summed E-state index contributed by atoms with van der Waals surface area (Å²) < 4.78 is 0. The molecule has 1 aromatic heterocycles. The molecule has 1 heterocycles. The van der Waals surface area contributed by atoms with Crippen LogP contribution in [0, 0.1) is 0 Å². The first-order valence-corrected chi connectivity index (χ1v) is 7.45. The third-order valence-electron chi connectivity index (χ3n) is 3.68. The van der Waals surface area contributed by atoms with Crippen LogP contribution in [-0.2, 0) is 0 Å². The zero-order valence-electron chi connectivity index (χ0n) is 12.5. The summed E-state index contributed by atoms with van der Waals surface area (Å²) in [5, 5.41) is 15.3. The molecule has 1 atom stereocenters. The van der Waals surface area contributed by atoms with Gasteiger partial charge in [0.05, 0.1) is 12.3 Å². The van der Waals surface area contributed by atoms with Crippen LogP contribution in [0.2, 0.25) is 0 Å². The Balaban J connectivity index is 1.63. The van der Waals surface area contributed by atoms with Crippen LogP contribution in [-0.4, -0.2) is 27.5 Å². The minimum absolute atomic E-state index is 0.271. The highest BCUT2D eigenvalue weighted by molar-refractivity contribution is 5.91. The largest absolute Gasteiger partial charge is 0.388 e. The number of amides is 1. The first-order valence-electron chi connectivity index (χ1n) is 7.45. The molecule has 0 spiro atoms. The van der Waals surface area contributed by atoms with E-state index in [-0.39, 0.29) is 11.6 Å². The zero-order chi connectivity index (χ0) is 16.1. The second-order valence-electron chi connectivity index (χ2n) is 5.22. The lowest BCUT2D eigenvalue weighted by atomic mass is 9.99. The van der Waals surface area contributed by atoms with Crippen molar-refractivity contribution in [2.24, 2.45) is 0 Å². The minimum atomic E-state index is -0.636. The summed E-state index contributed by atoms with van der Waals surface area (Å²) in [5.41, 5.74) is 1.14. The number of carbonyl (C=O) groups is 1. The van der Waals surface area contributed by atoms with E-state index in [2.05, 4.69) is 15.3 Å². The topological polar surface area (TPSA) is 75.1 Å². The molecule has 0 radical (unpaired) electrons. The molecule has 0 aliphatic heterocycles. The van der Waals surface area contributed by atoms with Gasteiger partial charge < -0.3 is 10.4 Å². The van der Waals surface area contributed by atoms with E-state index >= 15 is 0 Å². The molecule has 2 N–H and O–H groups in total. The maximum atomic E-state index is 11.9. The summed E-state index contributed by atoms with van der Waals surface area (Å²) in [5.74, 6) is -0.289. The summed E-state index contributed by atoms with van der Waals surface area (Å²) in [6, 6.07) is 13.8. The monoisotopic (exact) mass is 307 g/mol. The molecule has 0 aliphatic rings. The van der Waals surface area contributed by atoms with Crippen LogP contribution in [0.15, 0.2) is 61.1 Å². The third kappa shape index (κ3) is 3.52. The lowest BCUT2D eigenvalue weighted by molar-refractivity contribution is 0.0937. The second-order valence-corrected chi connectivity index (χ2v) is 5.22. The maximum absolute atomic E-state index is 11.9. The van der Waals surface area contributed by atoms with Crippen molar-refractivity contribution < 1.29 is 9.90 Å². The van der Waals surface area contributed by atoms with E-state index in [9.17, 15) is 9.90 Å². The molecule has 2 aromatic carbocycles. The molecule has 0 aliphatic carbocycles. The molecular weight excluding hydrogens is 290 g/mol. The van der Waals surface area contributed by atoms with Gasteiger partial charge in [-0.3, -0.25) is 9.78 Å². The van der Waals surface area contributed by atoms with Gasteiger partial charge in [-0.25, -0.2) is 4.98 Å². The van der Waals surface area contributed by atoms with E-state index in [1.54, 1.807) is 0 Å². The van der Waals surface area contributed by atoms with Gasteiger partial charge in [0.1, 0.15) is 5.69 Å². The summed E-state index contributed by atoms with van der Waals surface area (Å²) >= 11 is 0. The molecule has 5 heteroatoms. The molecule has 1 amide bonds. The predicted octanol–water partition coefficient (Wildman–Crippen LogP) is 2.48. The van der Waals surface area contributed by atoms with Gasteiger partial charge in [0.15, 0.2) is 0 Å². The maximum Gasteiger partial charge on any atom is 0.271 e. The Hall–Kier alpha value is -2.79. The average Bonchev–Trinajstić information content (AvgIpc) is 2.61. The van der Waals surface area contributed by atoms with Gasteiger partial charge >= 0.3 is 0 Å². The average molecular weight is 307 g/mol. The SMILES string of the molecule is O=C(NCCC(O)c1cccc2ccccc12)c1cnccn1. The smallest absolute Gasteiger partial charge is 0.271 e. The molecule has 0 saturated heterocycles. The van der Waals surface area contributed by atoms with Crippen molar-refractivity contribution in [3.63, 3.8) is 0 Å². The number of aliphatic hydroxyl groups is 1. The number of aromatic nitrogens is 2. The van der Waals surface area contributed by atoms with Crippen molar-refractivity contribution in [1.29, 1.82) is 0 Å². The Morgan fingerprint density at radius 3 is 2.78 bits per heavy atom. The molecule has 3 rings (SSSR count). The van der Waals surface area contributed by atoms with Crippen LogP contribution in [0.1, 0.15) is 28.6 Å². The van der Waals surface area contributed by atoms with Gasteiger partial charge in [0, 0.05) is 18.9 Å². The molecule has 0 fully saturated rings. The fraction of sp³-hybridized carbons (Fsp3) is 0.167. The van der Waals surface area contributed by atoms with Gasteiger partial charge in [0.25, 0.3) is 5.91 Å². The van der Waals surface area contributed by atoms with Gasteiger partial charge in [-0.1, -0.05) is 42.5 Å². The number of nitrogens with zero attached hydrogens (tertiary/aromatic N) is 2. The Kier molecular flexibility index (Phi) is 4.59. The van der Waals surface area contributed by atoms with Gasteiger partial charge in [-0.15, -0.1) is 0 Å². The number of fused-ring (bicyclic) bond motifs is 1. The van der Waals surface area contributed by atoms with Crippen LogP contribution in [0.3, 0.4) is 0 Å². The van der Waals surface area contributed by atoms with Crippen LogP contribution in [0.4, 0.5) is 0 Å². The van der Waals surface area contributed by atoms with Crippen molar-refractivity contribution in [1.82, 2.24) is 15.3 Å². The molecule has 23 heavy (non-hydrogen) atoms. The van der Waals surface area contributed by atoms with Gasteiger partial charge in [-0.05, 0) is 22.8 Å². The summed E-state index contributed by atoms with van der Waals surface area (Å²) in [6.45, 7) is 0.361. The molecule has 1 unspecified atom stereocenters. The first kappa shape index (κ1) is 15.1. The fourth-order valence-corrected chi connectivity index (χ4v) is 2.53. The molecular formula is C18H17N3O2. The predicted molar refractivity (Wildman–Crippen MR) is 87.9 cm³/mol. The Labute approximate surface area is 134 Å². The fourth-order valence-electron chi connectivity index (χ4n) is 2.53. The number of aliphatic hydroxyl groups excluding tert-OH is 1. The zero-order valence-corrected chi connectivity index (χ0v) is 12.5. The first-order chi connectivity index (χ1) is 11.3. The van der Waals surface area contributed by atoms with Gasteiger partial charge in [-0.2, -0.15) is 0 Å². The molecule has 3 aromatic rings. The quantitative estimate of drug-likeness (QED) is 0.759. The number of nitrogens with one attached hydrogen (secondary N) is 1. The Morgan fingerprint density at radius 1 is 1.13 bits per heavy atom. The lowest BCUT2D eigenvalue weighted by Crippen LogP contribution is -2.26. The molecule has 116 valence electrons. The van der Waals surface area contributed by atoms with Crippen LogP contribution >= 0.6 is 0 Å². The number of carbonyl (C=O) groups excluding carboxylic acids is 1. The normalized spacial score (nSPS) is 12.0. The number of hydrogen-bond donors (Lipinski definition) is 2. The van der Waals surface area contributed by atoms with Gasteiger partial charge in [0.2, 0.25) is 0 Å². The number of rotatable bonds is 5. The lowest BCUT2D eigenvalue weighted by Gasteiger charge is -2.14. The number of hydrogen-bond acceptors (Lipinski definition) is 4. The summed E-state index contributed by atoms with van der Waals surface area (Å²) in [4.78, 5) is 19.7. The number of benzene rings is 2. The van der Waals surface area contributed by atoms with Crippen molar-refractivity contribution in [2.75, 3.05) is 6.54 Å². The van der Waals surface area contributed by atoms with E-state index in [0.717, 1.165) is 16.3 Å². The van der Waals surface area contributed by atoms with Crippen LogP contribution in [0.25, 0.3) is 10.8 Å². The Morgan fingerprint density at radius 2 is 1.96 bits per heavy atom. The van der Waals surface area contributed by atoms with Crippen LogP contribution < -0.4 is 5.32 Å². The second kappa shape index (κ2) is 6.98. The van der Waals surface area contributed by atoms with Crippen molar-refractivity contribution in [2.45, 2.75) is 12.5 Å².